The lowest BCUT2D eigenvalue weighted by Crippen LogP contribution is -2.25. The molecule has 3 aromatic rings. The van der Waals surface area contributed by atoms with Gasteiger partial charge in [-0.25, -0.2) is 0 Å². The smallest absolute Gasteiger partial charge is 0.310 e. The number of pyridine rings is 1. The summed E-state index contributed by atoms with van der Waals surface area (Å²) in [5.41, 5.74) is 2.24. The van der Waals surface area contributed by atoms with Crippen molar-refractivity contribution in [1.29, 1.82) is 0 Å². The molecule has 1 aromatic heterocycles. The van der Waals surface area contributed by atoms with Crippen LogP contribution in [0.5, 0.6) is 0 Å². The third kappa shape index (κ3) is 5.46. The molecule has 0 aliphatic rings. The van der Waals surface area contributed by atoms with Gasteiger partial charge in [-0.15, -0.1) is 0 Å². The molecule has 0 saturated heterocycles. The van der Waals surface area contributed by atoms with Gasteiger partial charge in [-0.1, -0.05) is 71.2 Å². The molecule has 0 unspecified atom stereocenters. The highest BCUT2D eigenvalue weighted by Gasteiger charge is 2.30. The molecule has 2 nitrogen and oxygen atoms in total. The van der Waals surface area contributed by atoms with Crippen molar-refractivity contribution in [2.24, 2.45) is 0 Å². The van der Waals surface area contributed by atoms with Crippen molar-refractivity contribution in [1.82, 2.24) is 4.57 Å². The molecule has 0 aliphatic carbocycles. The number of nitrogens with zero attached hydrogens (tertiary/aromatic N) is 1. The van der Waals surface area contributed by atoms with E-state index in [2.05, 4.69) is 0 Å². The summed E-state index contributed by atoms with van der Waals surface area (Å²) in [6, 6.07) is 14.6. The van der Waals surface area contributed by atoms with Crippen molar-refractivity contribution in [2.75, 3.05) is 0 Å². The zero-order valence-corrected chi connectivity index (χ0v) is 17.8. The Morgan fingerprint density at radius 1 is 0.867 bits per heavy atom. The molecular formula is C23H20Cl2F3NO. The minimum absolute atomic E-state index is 0.0201. The van der Waals surface area contributed by atoms with Crippen LogP contribution in [-0.2, 0) is 32.0 Å². The summed E-state index contributed by atoms with van der Waals surface area (Å²) in [4.78, 5) is 12.6. The van der Waals surface area contributed by atoms with Crippen LogP contribution >= 0.6 is 23.2 Å². The lowest BCUT2D eigenvalue weighted by atomic mass is 10.0. The molecule has 158 valence electrons. The Bertz CT molecular complexity index is 1090. The summed E-state index contributed by atoms with van der Waals surface area (Å²) in [6.45, 7) is 2.37. The lowest BCUT2D eigenvalue weighted by molar-refractivity contribution is -0.137. The van der Waals surface area contributed by atoms with E-state index in [1.54, 1.807) is 6.07 Å². The van der Waals surface area contributed by atoms with Crippen LogP contribution in [-0.4, -0.2) is 4.57 Å². The maximum absolute atomic E-state index is 13.0. The Morgan fingerprint density at radius 2 is 1.57 bits per heavy atom. The molecule has 0 amide bonds. The topological polar surface area (TPSA) is 22.0 Å². The van der Waals surface area contributed by atoms with Crippen molar-refractivity contribution in [3.8, 4) is 0 Å². The van der Waals surface area contributed by atoms with Gasteiger partial charge in [-0.3, -0.25) is 4.79 Å². The van der Waals surface area contributed by atoms with Crippen molar-refractivity contribution >= 4 is 23.2 Å². The molecular weight excluding hydrogens is 434 g/mol. The number of aryl methyl sites for hydroxylation is 3. The van der Waals surface area contributed by atoms with Crippen LogP contribution in [0, 0.1) is 6.92 Å². The van der Waals surface area contributed by atoms with Gasteiger partial charge in [-0.2, -0.15) is 13.2 Å². The van der Waals surface area contributed by atoms with E-state index in [0.29, 0.717) is 42.1 Å². The lowest BCUT2D eigenvalue weighted by Gasteiger charge is -2.16. The van der Waals surface area contributed by atoms with E-state index in [-0.39, 0.29) is 10.6 Å². The van der Waals surface area contributed by atoms with Gasteiger partial charge in [0.25, 0.3) is 5.56 Å². The maximum atomic E-state index is 13.0. The number of hydrogen-bond acceptors (Lipinski definition) is 1. The van der Waals surface area contributed by atoms with Crippen LogP contribution in [0.1, 0.15) is 27.9 Å². The third-order valence-corrected chi connectivity index (χ3v) is 5.55. The number of hydrogen-bond donors (Lipinski definition) is 0. The fourth-order valence-electron chi connectivity index (χ4n) is 3.29. The van der Waals surface area contributed by atoms with Gasteiger partial charge in [0.1, 0.15) is 5.02 Å². The van der Waals surface area contributed by atoms with Gasteiger partial charge in [0.2, 0.25) is 0 Å². The quantitative estimate of drug-likeness (QED) is 0.416. The molecule has 0 bridgehead atoms. The summed E-state index contributed by atoms with van der Waals surface area (Å²) < 4.78 is 40.4. The normalized spacial score (nSPS) is 11.7. The first-order valence-corrected chi connectivity index (χ1v) is 10.2. The summed E-state index contributed by atoms with van der Waals surface area (Å²) >= 11 is 12.4. The number of rotatable bonds is 6. The average Bonchev–Trinajstić information content (AvgIpc) is 2.69. The second-order valence-electron chi connectivity index (χ2n) is 7.18. The van der Waals surface area contributed by atoms with E-state index in [0.717, 1.165) is 23.3 Å². The highest BCUT2D eigenvalue weighted by molar-refractivity contribution is 6.34. The predicted octanol–water partition coefficient (Wildman–Crippen LogP) is 6.51. The monoisotopic (exact) mass is 453 g/mol. The Labute approximate surface area is 182 Å². The molecule has 0 radical (unpaired) electrons. The molecule has 0 saturated carbocycles. The molecule has 0 fully saturated rings. The molecule has 0 aliphatic heterocycles. The van der Waals surface area contributed by atoms with Crippen LogP contribution in [0.25, 0.3) is 0 Å². The molecule has 3 rings (SSSR count). The molecule has 30 heavy (non-hydrogen) atoms. The van der Waals surface area contributed by atoms with Gasteiger partial charge in [0.15, 0.2) is 0 Å². The highest BCUT2D eigenvalue weighted by Crippen LogP contribution is 2.30. The summed E-state index contributed by atoms with van der Waals surface area (Å²) in [5.74, 6) is 0. The van der Waals surface area contributed by atoms with E-state index in [4.69, 9.17) is 23.2 Å². The first kappa shape index (κ1) is 22.4. The minimum Gasteiger partial charge on any atom is -0.310 e. The summed E-state index contributed by atoms with van der Waals surface area (Å²) in [6.07, 6.45) is -3.16. The Balaban J connectivity index is 1.84. The van der Waals surface area contributed by atoms with Crippen LogP contribution in [0.3, 0.4) is 0 Å². The third-order valence-electron chi connectivity index (χ3n) is 4.95. The molecule has 0 spiro atoms. The molecule has 7 heteroatoms. The van der Waals surface area contributed by atoms with Crippen LogP contribution in [0.2, 0.25) is 10.0 Å². The summed E-state index contributed by atoms with van der Waals surface area (Å²) in [7, 11) is 0. The number of benzene rings is 2. The molecule has 0 atom stereocenters. The van der Waals surface area contributed by atoms with Gasteiger partial charge in [-0.05, 0) is 49.4 Å². The Kier molecular flexibility index (Phi) is 6.94. The minimum atomic E-state index is -4.40. The first-order chi connectivity index (χ1) is 14.1. The largest absolute Gasteiger partial charge is 0.416 e. The number of halogens is 5. The molecule has 0 N–H and O–H groups in total. The maximum Gasteiger partial charge on any atom is 0.416 e. The second-order valence-corrected chi connectivity index (χ2v) is 7.99. The van der Waals surface area contributed by atoms with Crippen molar-refractivity contribution in [3.05, 3.63) is 103 Å². The summed E-state index contributed by atoms with van der Waals surface area (Å²) in [5, 5.41) is 0.349. The average molecular weight is 454 g/mol. The molecule has 2 aromatic carbocycles. The standard InChI is InChI=1S/C23H20Cl2F3NO/c1-15-5-7-16(8-6-15)11-12-29-21(19(24)14-20(25)22(29)30)10-9-17-3-2-4-18(13-17)23(26,27)28/h2-8,13-14H,9-12H2,1H3. The Hall–Kier alpha value is -2.24. The van der Waals surface area contributed by atoms with Crippen molar-refractivity contribution < 1.29 is 13.2 Å². The Morgan fingerprint density at radius 3 is 2.23 bits per heavy atom. The second kappa shape index (κ2) is 9.27. The van der Waals surface area contributed by atoms with Crippen LogP contribution in [0.4, 0.5) is 13.2 Å². The van der Waals surface area contributed by atoms with E-state index in [9.17, 15) is 18.0 Å². The number of aromatic nitrogens is 1. The first-order valence-electron chi connectivity index (χ1n) is 9.44. The predicted molar refractivity (Wildman–Crippen MR) is 114 cm³/mol. The SMILES string of the molecule is Cc1ccc(CCn2c(CCc3cccc(C(F)(F)F)c3)c(Cl)cc(Cl)c2=O)cc1. The zero-order valence-electron chi connectivity index (χ0n) is 16.3. The fraction of sp³-hybridized carbons (Fsp3) is 0.261. The van der Waals surface area contributed by atoms with Gasteiger partial charge < -0.3 is 4.57 Å². The van der Waals surface area contributed by atoms with E-state index in [1.165, 1.54) is 16.7 Å². The van der Waals surface area contributed by atoms with Gasteiger partial charge >= 0.3 is 6.18 Å². The molecule has 1 heterocycles. The van der Waals surface area contributed by atoms with Crippen LogP contribution in [0.15, 0.2) is 59.4 Å². The van der Waals surface area contributed by atoms with E-state index >= 15 is 0 Å². The zero-order chi connectivity index (χ0) is 21.9. The highest BCUT2D eigenvalue weighted by atomic mass is 35.5. The van der Waals surface area contributed by atoms with Crippen molar-refractivity contribution in [3.63, 3.8) is 0 Å². The fourth-order valence-corrected chi connectivity index (χ4v) is 3.86. The van der Waals surface area contributed by atoms with Crippen molar-refractivity contribution in [2.45, 2.75) is 38.9 Å². The van der Waals surface area contributed by atoms with E-state index in [1.807, 2.05) is 31.2 Å². The van der Waals surface area contributed by atoms with Gasteiger partial charge in [0.05, 0.1) is 10.6 Å². The van der Waals surface area contributed by atoms with E-state index < -0.39 is 11.7 Å². The van der Waals surface area contributed by atoms with Crippen LogP contribution < -0.4 is 5.56 Å². The number of alkyl halides is 3. The van der Waals surface area contributed by atoms with Gasteiger partial charge in [0, 0.05) is 12.2 Å².